The Labute approximate surface area is 147 Å². The quantitative estimate of drug-likeness (QED) is 0.512. The van der Waals surface area contributed by atoms with Gasteiger partial charge in [0, 0.05) is 32.6 Å². The highest BCUT2D eigenvalue weighted by Gasteiger charge is 2.05. The van der Waals surface area contributed by atoms with Crippen LogP contribution in [0.4, 0.5) is 0 Å². The standard InChI is InChI=1S/C17H24N6O2/c1-4-19-17(21-11-15-22-12(2)25-23-15)20-9-8-13-6-5-7-14(10-13)16(24)18-3/h5-7,10H,4,8-9,11H2,1-3H3,(H,18,24)(H2,19,20,21). The molecule has 134 valence electrons. The van der Waals surface area contributed by atoms with Gasteiger partial charge < -0.3 is 20.5 Å². The van der Waals surface area contributed by atoms with Crippen LogP contribution in [0.3, 0.4) is 0 Å². The molecule has 0 fully saturated rings. The Morgan fingerprint density at radius 1 is 1.32 bits per heavy atom. The molecule has 8 heteroatoms. The second-order valence-electron chi connectivity index (χ2n) is 5.38. The summed E-state index contributed by atoms with van der Waals surface area (Å²) in [5.74, 6) is 1.68. The Morgan fingerprint density at radius 2 is 2.16 bits per heavy atom. The van der Waals surface area contributed by atoms with Crippen molar-refractivity contribution >= 4 is 11.9 Å². The van der Waals surface area contributed by atoms with Crippen LogP contribution in [0.15, 0.2) is 33.8 Å². The highest BCUT2D eigenvalue weighted by molar-refractivity contribution is 5.94. The van der Waals surface area contributed by atoms with E-state index in [0.717, 1.165) is 18.5 Å². The van der Waals surface area contributed by atoms with Gasteiger partial charge in [-0.2, -0.15) is 4.98 Å². The number of aromatic nitrogens is 2. The van der Waals surface area contributed by atoms with E-state index >= 15 is 0 Å². The molecule has 3 N–H and O–H groups in total. The average Bonchev–Trinajstić information content (AvgIpc) is 3.04. The van der Waals surface area contributed by atoms with Gasteiger partial charge in [0.2, 0.25) is 5.89 Å². The molecule has 0 saturated carbocycles. The molecule has 0 spiro atoms. The van der Waals surface area contributed by atoms with Crippen LogP contribution in [0.5, 0.6) is 0 Å². The van der Waals surface area contributed by atoms with E-state index in [4.69, 9.17) is 4.52 Å². The van der Waals surface area contributed by atoms with Gasteiger partial charge >= 0.3 is 0 Å². The van der Waals surface area contributed by atoms with Crippen LogP contribution in [0.1, 0.15) is 34.6 Å². The summed E-state index contributed by atoms with van der Waals surface area (Å²) in [6, 6.07) is 7.58. The summed E-state index contributed by atoms with van der Waals surface area (Å²) in [6.45, 7) is 5.54. The fourth-order valence-electron chi connectivity index (χ4n) is 2.23. The van der Waals surface area contributed by atoms with E-state index in [2.05, 4.69) is 31.1 Å². The zero-order valence-corrected chi connectivity index (χ0v) is 14.8. The predicted octanol–water partition coefficient (Wildman–Crippen LogP) is 1.04. The number of amides is 1. The van der Waals surface area contributed by atoms with Crippen LogP contribution in [0.2, 0.25) is 0 Å². The second-order valence-corrected chi connectivity index (χ2v) is 5.38. The Morgan fingerprint density at radius 3 is 2.84 bits per heavy atom. The molecule has 0 aliphatic heterocycles. The lowest BCUT2D eigenvalue weighted by Crippen LogP contribution is -2.38. The normalized spacial score (nSPS) is 11.2. The van der Waals surface area contributed by atoms with Gasteiger partial charge in [0.05, 0.1) is 0 Å². The molecule has 2 rings (SSSR count). The Balaban J connectivity index is 1.89. The molecule has 2 aromatic rings. The van der Waals surface area contributed by atoms with Gasteiger partial charge in [-0.05, 0) is 31.0 Å². The van der Waals surface area contributed by atoms with Gasteiger partial charge in [-0.15, -0.1) is 0 Å². The van der Waals surface area contributed by atoms with Gasteiger partial charge in [0.1, 0.15) is 6.54 Å². The van der Waals surface area contributed by atoms with E-state index < -0.39 is 0 Å². The smallest absolute Gasteiger partial charge is 0.251 e. The number of carbonyl (C=O) groups is 1. The third-order valence-corrected chi connectivity index (χ3v) is 3.41. The largest absolute Gasteiger partial charge is 0.357 e. The van der Waals surface area contributed by atoms with Crippen LogP contribution < -0.4 is 16.0 Å². The minimum Gasteiger partial charge on any atom is -0.357 e. The van der Waals surface area contributed by atoms with Crippen molar-refractivity contribution in [3.05, 3.63) is 47.1 Å². The topological polar surface area (TPSA) is 104 Å². The summed E-state index contributed by atoms with van der Waals surface area (Å²) < 4.78 is 4.93. The van der Waals surface area contributed by atoms with Gasteiger partial charge in [-0.1, -0.05) is 17.3 Å². The molecule has 0 bridgehead atoms. The summed E-state index contributed by atoms with van der Waals surface area (Å²) in [5, 5.41) is 12.9. The van der Waals surface area contributed by atoms with Gasteiger partial charge in [0.15, 0.2) is 11.8 Å². The zero-order valence-electron chi connectivity index (χ0n) is 14.8. The average molecular weight is 344 g/mol. The molecule has 8 nitrogen and oxygen atoms in total. The molecule has 1 aromatic heterocycles. The molecular weight excluding hydrogens is 320 g/mol. The van der Waals surface area contributed by atoms with Crippen molar-refractivity contribution in [1.82, 2.24) is 26.1 Å². The molecule has 0 aliphatic rings. The van der Waals surface area contributed by atoms with E-state index in [9.17, 15) is 4.79 Å². The first-order valence-electron chi connectivity index (χ1n) is 8.24. The van der Waals surface area contributed by atoms with Crippen LogP contribution in [-0.2, 0) is 13.0 Å². The number of aryl methyl sites for hydroxylation is 1. The van der Waals surface area contributed by atoms with Crippen LogP contribution in [-0.4, -0.2) is 42.1 Å². The van der Waals surface area contributed by atoms with Gasteiger partial charge in [-0.25, -0.2) is 4.99 Å². The van der Waals surface area contributed by atoms with Gasteiger partial charge in [-0.3, -0.25) is 4.79 Å². The maximum absolute atomic E-state index is 11.7. The van der Waals surface area contributed by atoms with Crippen molar-refractivity contribution < 1.29 is 9.32 Å². The Kier molecular flexibility index (Phi) is 6.94. The van der Waals surface area contributed by atoms with E-state index in [1.165, 1.54) is 0 Å². The molecular formula is C17H24N6O2. The lowest BCUT2D eigenvalue weighted by Gasteiger charge is -2.11. The van der Waals surface area contributed by atoms with Crippen LogP contribution in [0.25, 0.3) is 0 Å². The zero-order chi connectivity index (χ0) is 18.1. The Hall–Kier alpha value is -2.90. The van der Waals surface area contributed by atoms with Crippen molar-refractivity contribution in [3.8, 4) is 0 Å². The fraction of sp³-hybridized carbons (Fsp3) is 0.412. The first-order valence-corrected chi connectivity index (χ1v) is 8.24. The SMILES string of the molecule is CCNC(=NCc1noc(C)n1)NCCc1cccc(C(=O)NC)c1. The second kappa shape index (κ2) is 9.41. The molecule has 25 heavy (non-hydrogen) atoms. The third-order valence-electron chi connectivity index (χ3n) is 3.41. The van der Waals surface area contributed by atoms with Crippen molar-refractivity contribution in [2.24, 2.45) is 4.99 Å². The molecule has 1 aromatic carbocycles. The first-order chi connectivity index (χ1) is 12.1. The number of aliphatic imine (C=N–C) groups is 1. The van der Waals surface area contributed by atoms with Crippen molar-refractivity contribution in [1.29, 1.82) is 0 Å². The first kappa shape index (κ1) is 18.4. The highest BCUT2D eigenvalue weighted by Crippen LogP contribution is 2.05. The van der Waals surface area contributed by atoms with E-state index in [1.54, 1.807) is 20.0 Å². The summed E-state index contributed by atoms with van der Waals surface area (Å²) >= 11 is 0. The Bertz CT molecular complexity index is 725. The summed E-state index contributed by atoms with van der Waals surface area (Å²) in [7, 11) is 1.63. The monoisotopic (exact) mass is 344 g/mol. The van der Waals surface area contributed by atoms with E-state index in [-0.39, 0.29) is 5.91 Å². The maximum atomic E-state index is 11.7. The number of rotatable bonds is 7. The minimum atomic E-state index is -0.0832. The molecule has 0 unspecified atom stereocenters. The van der Waals surface area contributed by atoms with E-state index in [0.29, 0.717) is 36.3 Å². The van der Waals surface area contributed by atoms with Crippen molar-refractivity contribution in [2.75, 3.05) is 20.1 Å². The number of nitrogens with one attached hydrogen (secondary N) is 3. The molecule has 1 heterocycles. The summed E-state index contributed by atoms with van der Waals surface area (Å²) in [5.41, 5.74) is 1.74. The third kappa shape index (κ3) is 5.91. The summed E-state index contributed by atoms with van der Waals surface area (Å²) in [6.07, 6.45) is 0.774. The van der Waals surface area contributed by atoms with Crippen molar-refractivity contribution in [2.45, 2.75) is 26.8 Å². The van der Waals surface area contributed by atoms with Gasteiger partial charge in [0.25, 0.3) is 5.91 Å². The highest BCUT2D eigenvalue weighted by atomic mass is 16.5. The van der Waals surface area contributed by atoms with Crippen molar-refractivity contribution in [3.63, 3.8) is 0 Å². The van der Waals surface area contributed by atoms with Crippen LogP contribution in [0, 0.1) is 6.92 Å². The predicted molar refractivity (Wildman–Crippen MR) is 95.4 cm³/mol. The number of guanidine groups is 1. The lowest BCUT2D eigenvalue weighted by atomic mass is 10.1. The number of benzene rings is 1. The number of hydrogen-bond acceptors (Lipinski definition) is 5. The molecule has 1 amide bonds. The summed E-state index contributed by atoms with van der Waals surface area (Å²) in [4.78, 5) is 20.2. The lowest BCUT2D eigenvalue weighted by molar-refractivity contribution is 0.0963. The van der Waals surface area contributed by atoms with Crippen LogP contribution >= 0.6 is 0 Å². The molecule has 0 aliphatic carbocycles. The molecule has 0 atom stereocenters. The maximum Gasteiger partial charge on any atom is 0.251 e. The molecule has 0 saturated heterocycles. The fourth-order valence-corrected chi connectivity index (χ4v) is 2.23. The number of carbonyl (C=O) groups excluding carboxylic acids is 1. The van der Waals surface area contributed by atoms with E-state index in [1.807, 2.05) is 25.1 Å². The number of nitrogens with zero attached hydrogens (tertiary/aromatic N) is 3. The minimum absolute atomic E-state index is 0.0832. The number of hydrogen-bond donors (Lipinski definition) is 3. The molecule has 0 radical (unpaired) electrons.